The number of hydrogen-bond acceptors (Lipinski definition) is 4. The van der Waals surface area contributed by atoms with Crippen molar-refractivity contribution >= 4 is 22.5 Å². The Morgan fingerprint density at radius 2 is 1.50 bits per heavy atom. The summed E-state index contributed by atoms with van der Waals surface area (Å²) >= 11 is 0. The van der Waals surface area contributed by atoms with Gasteiger partial charge in [-0.3, -0.25) is 4.79 Å². The number of carbonyl (C=O) groups is 2. The molecule has 0 aromatic heterocycles. The minimum Gasteiger partial charge on any atom is -0.493 e. The molecule has 0 saturated heterocycles. The molecule has 1 aliphatic heterocycles. The maximum absolute atomic E-state index is 13.1. The van der Waals surface area contributed by atoms with Crippen molar-refractivity contribution in [2.24, 2.45) is 0 Å². The van der Waals surface area contributed by atoms with Crippen molar-refractivity contribution in [1.82, 2.24) is 0 Å². The first-order chi connectivity index (χ1) is 13.4. The van der Waals surface area contributed by atoms with Gasteiger partial charge < -0.3 is 9.47 Å². The highest BCUT2D eigenvalue weighted by Gasteiger charge is 2.29. The molecule has 0 fully saturated rings. The van der Waals surface area contributed by atoms with Crippen LogP contribution in [-0.2, 0) is 10.2 Å². The Morgan fingerprint density at radius 3 is 2.21 bits per heavy atom. The van der Waals surface area contributed by atoms with Gasteiger partial charge in [0.15, 0.2) is 5.78 Å². The van der Waals surface area contributed by atoms with E-state index in [0.717, 1.165) is 28.5 Å². The lowest BCUT2D eigenvalue weighted by Crippen LogP contribution is -2.27. The topological polar surface area (TPSA) is 52.6 Å². The summed E-state index contributed by atoms with van der Waals surface area (Å²) in [5.41, 5.74) is 2.83. The zero-order chi connectivity index (χ0) is 19.9. The average molecular weight is 374 g/mol. The molecule has 0 aliphatic carbocycles. The van der Waals surface area contributed by atoms with Crippen LogP contribution in [0.2, 0.25) is 0 Å². The van der Waals surface area contributed by atoms with Crippen LogP contribution in [0.25, 0.3) is 10.8 Å². The summed E-state index contributed by atoms with van der Waals surface area (Å²) in [5, 5.41) is 1.79. The maximum Gasteiger partial charge on any atom is 0.337 e. The highest BCUT2D eigenvalue weighted by molar-refractivity contribution is 6.11. The number of benzene rings is 3. The van der Waals surface area contributed by atoms with E-state index in [0.29, 0.717) is 23.3 Å². The molecule has 4 nitrogen and oxygen atoms in total. The summed E-state index contributed by atoms with van der Waals surface area (Å²) in [5.74, 6) is 0.464. The zero-order valence-corrected chi connectivity index (χ0v) is 16.2. The number of rotatable bonds is 3. The molecular weight excluding hydrogens is 352 g/mol. The number of esters is 1. The van der Waals surface area contributed by atoms with Crippen molar-refractivity contribution in [3.05, 3.63) is 76.9 Å². The second kappa shape index (κ2) is 6.79. The molecule has 28 heavy (non-hydrogen) atoms. The second-order valence-corrected chi connectivity index (χ2v) is 7.79. The first-order valence-electron chi connectivity index (χ1n) is 9.33. The third kappa shape index (κ3) is 3.15. The number of ketones is 1. The lowest BCUT2D eigenvalue weighted by molar-refractivity contribution is 0.0600. The monoisotopic (exact) mass is 374 g/mol. The van der Waals surface area contributed by atoms with Gasteiger partial charge in [0.1, 0.15) is 5.75 Å². The smallest absolute Gasteiger partial charge is 0.337 e. The van der Waals surface area contributed by atoms with Crippen molar-refractivity contribution in [1.29, 1.82) is 0 Å². The fraction of sp³-hybridized carbons (Fsp3) is 0.250. The fourth-order valence-corrected chi connectivity index (χ4v) is 3.68. The second-order valence-electron chi connectivity index (χ2n) is 7.79. The van der Waals surface area contributed by atoms with E-state index in [9.17, 15) is 9.59 Å². The summed E-state index contributed by atoms with van der Waals surface area (Å²) in [4.78, 5) is 24.8. The zero-order valence-electron chi connectivity index (χ0n) is 16.2. The number of hydrogen-bond donors (Lipinski definition) is 0. The van der Waals surface area contributed by atoms with Crippen LogP contribution in [0.4, 0.5) is 0 Å². The van der Waals surface area contributed by atoms with Gasteiger partial charge in [-0.15, -0.1) is 0 Å². The highest BCUT2D eigenvalue weighted by atomic mass is 16.5. The van der Waals surface area contributed by atoms with Gasteiger partial charge >= 0.3 is 5.97 Å². The van der Waals surface area contributed by atoms with E-state index >= 15 is 0 Å². The Balaban J connectivity index is 1.70. The van der Waals surface area contributed by atoms with E-state index in [1.165, 1.54) is 7.11 Å². The van der Waals surface area contributed by atoms with Gasteiger partial charge in [0, 0.05) is 16.7 Å². The van der Waals surface area contributed by atoms with E-state index in [2.05, 4.69) is 13.8 Å². The first kappa shape index (κ1) is 18.2. The summed E-state index contributed by atoms with van der Waals surface area (Å²) in [6.45, 7) is 5.06. The fourth-order valence-electron chi connectivity index (χ4n) is 3.68. The SMILES string of the molecule is COC(=O)c1ccc2cc(C(=O)c3ccc4c(c3)C(C)(C)CCO4)ccc2c1. The summed E-state index contributed by atoms with van der Waals surface area (Å²) in [7, 11) is 1.36. The van der Waals surface area contributed by atoms with Gasteiger partial charge in [0.2, 0.25) is 0 Å². The average Bonchev–Trinajstić information content (AvgIpc) is 2.71. The van der Waals surface area contributed by atoms with E-state index in [-0.39, 0.29) is 17.2 Å². The minimum absolute atomic E-state index is 0.0163. The minimum atomic E-state index is -0.374. The number of ether oxygens (including phenoxy) is 2. The highest BCUT2D eigenvalue weighted by Crippen LogP contribution is 2.39. The molecule has 142 valence electrons. The van der Waals surface area contributed by atoms with Gasteiger partial charge in [-0.1, -0.05) is 32.0 Å². The van der Waals surface area contributed by atoms with Gasteiger partial charge in [-0.25, -0.2) is 4.79 Å². The number of methoxy groups -OCH3 is 1. The number of fused-ring (bicyclic) bond motifs is 2. The molecular formula is C24H22O4. The van der Waals surface area contributed by atoms with Crippen LogP contribution in [-0.4, -0.2) is 25.5 Å². The molecule has 4 rings (SSSR count). The third-order valence-corrected chi connectivity index (χ3v) is 5.48. The van der Waals surface area contributed by atoms with Crippen molar-refractivity contribution in [3.63, 3.8) is 0 Å². The maximum atomic E-state index is 13.1. The first-order valence-corrected chi connectivity index (χ1v) is 9.33. The molecule has 3 aromatic rings. The standard InChI is InChI=1S/C24H22O4/c1-24(2)10-11-28-21-9-8-18(14-20(21)24)22(25)17-6-4-16-13-19(23(26)27-3)7-5-15(16)12-17/h4-9,12-14H,10-11H2,1-3H3. The molecule has 0 unspecified atom stereocenters. The van der Waals surface area contributed by atoms with Crippen LogP contribution in [0.1, 0.15) is 52.1 Å². The molecule has 4 heteroatoms. The molecule has 3 aromatic carbocycles. The van der Waals surface area contributed by atoms with Crippen LogP contribution in [0.15, 0.2) is 54.6 Å². The van der Waals surface area contributed by atoms with E-state index in [1.54, 1.807) is 18.2 Å². The van der Waals surface area contributed by atoms with Crippen LogP contribution in [0.5, 0.6) is 5.75 Å². The normalized spacial score (nSPS) is 14.8. The Hall–Kier alpha value is -3.14. The molecule has 1 aliphatic rings. The van der Waals surface area contributed by atoms with Crippen molar-refractivity contribution in [3.8, 4) is 5.75 Å². The molecule has 0 amide bonds. The van der Waals surface area contributed by atoms with E-state index in [1.807, 2.05) is 36.4 Å². The van der Waals surface area contributed by atoms with Crippen LogP contribution < -0.4 is 4.74 Å². The molecule has 0 spiro atoms. The number of carbonyl (C=O) groups excluding carboxylic acids is 2. The molecule has 0 N–H and O–H groups in total. The van der Waals surface area contributed by atoms with Crippen LogP contribution in [0.3, 0.4) is 0 Å². The molecule has 1 heterocycles. The summed E-state index contributed by atoms with van der Waals surface area (Å²) in [6, 6.07) is 16.5. The Bertz CT molecular complexity index is 1090. The van der Waals surface area contributed by atoms with Gasteiger partial charge in [0.25, 0.3) is 0 Å². The van der Waals surface area contributed by atoms with E-state index < -0.39 is 0 Å². The predicted molar refractivity (Wildman–Crippen MR) is 108 cm³/mol. The largest absolute Gasteiger partial charge is 0.493 e. The molecule has 0 saturated carbocycles. The van der Waals surface area contributed by atoms with Crippen molar-refractivity contribution < 1.29 is 19.1 Å². The van der Waals surface area contributed by atoms with Crippen LogP contribution in [0, 0.1) is 0 Å². The van der Waals surface area contributed by atoms with E-state index in [4.69, 9.17) is 9.47 Å². The Morgan fingerprint density at radius 1 is 0.893 bits per heavy atom. The van der Waals surface area contributed by atoms with Crippen molar-refractivity contribution in [2.75, 3.05) is 13.7 Å². The van der Waals surface area contributed by atoms with Gasteiger partial charge in [-0.2, -0.15) is 0 Å². The quantitative estimate of drug-likeness (QED) is 0.482. The van der Waals surface area contributed by atoms with Gasteiger partial charge in [0.05, 0.1) is 19.3 Å². The molecule has 0 atom stereocenters. The predicted octanol–water partition coefficient (Wildman–Crippen LogP) is 4.92. The summed E-state index contributed by atoms with van der Waals surface area (Å²) in [6.07, 6.45) is 0.927. The van der Waals surface area contributed by atoms with Crippen molar-refractivity contribution in [2.45, 2.75) is 25.7 Å². The third-order valence-electron chi connectivity index (χ3n) is 5.48. The van der Waals surface area contributed by atoms with Gasteiger partial charge in [-0.05, 0) is 59.0 Å². The lowest BCUT2D eigenvalue weighted by Gasteiger charge is -2.32. The lowest BCUT2D eigenvalue weighted by atomic mass is 9.79. The molecule has 0 bridgehead atoms. The van der Waals surface area contributed by atoms with Crippen LogP contribution >= 0.6 is 0 Å². The molecule has 0 radical (unpaired) electrons. The Labute approximate surface area is 164 Å². The Kier molecular flexibility index (Phi) is 4.42. The summed E-state index contributed by atoms with van der Waals surface area (Å²) < 4.78 is 10.5.